The quantitative estimate of drug-likeness (QED) is 0.729. The molecule has 2 atom stereocenters. The Kier molecular flexibility index (Phi) is 5.50. The first-order valence-corrected chi connectivity index (χ1v) is 8.56. The Morgan fingerprint density at radius 1 is 1.44 bits per heavy atom. The summed E-state index contributed by atoms with van der Waals surface area (Å²) in [6.45, 7) is 1.99. The van der Waals surface area contributed by atoms with E-state index in [4.69, 9.17) is 21.1 Å². The van der Waals surface area contributed by atoms with Crippen molar-refractivity contribution in [1.29, 1.82) is 0 Å². The second-order valence-corrected chi connectivity index (χ2v) is 6.42. The largest absolute Gasteiger partial charge is 0.408 e. The second kappa shape index (κ2) is 7.47. The van der Waals surface area contributed by atoms with Crippen LogP contribution in [0.3, 0.4) is 0 Å². The highest BCUT2D eigenvalue weighted by Crippen LogP contribution is 2.34. The maximum atomic E-state index is 13.3. The van der Waals surface area contributed by atoms with Crippen LogP contribution in [0.1, 0.15) is 38.1 Å². The van der Waals surface area contributed by atoms with E-state index in [2.05, 4.69) is 9.97 Å². The number of halogens is 4. The summed E-state index contributed by atoms with van der Waals surface area (Å²) in [5, 5.41) is 0.126. The summed E-state index contributed by atoms with van der Waals surface area (Å²) in [4.78, 5) is 8.19. The fourth-order valence-electron chi connectivity index (χ4n) is 2.90. The highest BCUT2D eigenvalue weighted by atomic mass is 35.5. The maximum absolute atomic E-state index is 13.3. The van der Waals surface area contributed by atoms with Gasteiger partial charge < -0.3 is 14.0 Å². The predicted octanol–water partition coefficient (Wildman–Crippen LogP) is 4.29. The van der Waals surface area contributed by atoms with Gasteiger partial charge in [0.25, 0.3) is 0 Å². The predicted molar refractivity (Wildman–Crippen MR) is 86.6 cm³/mol. The number of aromatic nitrogens is 3. The third-order valence-electron chi connectivity index (χ3n) is 4.24. The van der Waals surface area contributed by atoms with Crippen molar-refractivity contribution in [3.8, 4) is 0 Å². The summed E-state index contributed by atoms with van der Waals surface area (Å²) in [6.07, 6.45) is -0.230. The van der Waals surface area contributed by atoms with Crippen molar-refractivity contribution in [2.45, 2.75) is 51.1 Å². The number of fused-ring (bicyclic) bond motifs is 1. The van der Waals surface area contributed by atoms with Crippen LogP contribution in [0.25, 0.3) is 11.0 Å². The Bertz CT molecular complexity index is 729. The van der Waals surface area contributed by atoms with Gasteiger partial charge in [0.15, 0.2) is 6.29 Å². The van der Waals surface area contributed by atoms with E-state index in [1.54, 1.807) is 0 Å². The SMILES string of the molecule is C[C@H](n1c(CCO[C@@H]2CCCCO2)nc2cnc(Cl)cc21)C(F)(F)F. The zero-order chi connectivity index (χ0) is 18.0. The van der Waals surface area contributed by atoms with E-state index in [0.29, 0.717) is 23.5 Å². The highest BCUT2D eigenvalue weighted by Gasteiger charge is 2.39. The van der Waals surface area contributed by atoms with Crippen LogP contribution in [0.2, 0.25) is 5.15 Å². The Hall–Kier alpha value is -1.38. The van der Waals surface area contributed by atoms with Crippen LogP contribution in [0.4, 0.5) is 13.2 Å². The van der Waals surface area contributed by atoms with Gasteiger partial charge in [-0.15, -0.1) is 0 Å². The van der Waals surface area contributed by atoms with Crippen molar-refractivity contribution in [3.05, 3.63) is 23.2 Å². The molecule has 1 saturated heterocycles. The molecule has 2 aromatic heterocycles. The lowest BCUT2D eigenvalue weighted by atomic mass is 10.2. The third kappa shape index (κ3) is 4.24. The van der Waals surface area contributed by atoms with Gasteiger partial charge in [0, 0.05) is 19.1 Å². The number of nitrogens with zero attached hydrogens (tertiary/aromatic N) is 3. The molecular formula is C16H19ClF3N3O2. The van der Waals surface area contributed by atoms with Crippen molar-refractivity contribution in [3.63, 3.8) is 0 Å². The number of alkyl halides is 3. The first-order valence-electron chi connectivity index (χ1n) is 8.18. The number of pyridine rings is 1. The molecule has 0 aliphatic carbocycles. The fourth-order valence-corrected chi connectivity index (χ4v) is 3.06. The molecule has 0 amide bonds. The molecule has 9 heteroatoms. The second-order valence-electron chi connectivity index (χ2n) is 6.03. The summed E-state index contributed by atoms with van der Waals surface area (Å²) in [5.74, 6) is 0.291. The zero-order valence-electron chi connectivity index (χ0n) is 13.7. The number of hydrogen-bond acceptors (Lipinski definition) is 4. The zero-order valence-corrected chi connectivity index (χ0v) is 14.5. The van der Waals surface area contributed by atoms with Gasteiger partial charge >= 0.3 is 6.18 Å². The molecule has 3 heterocycles. The van der Waals surface area contributed by atoms with Crippen LogP contribution in [0, 0.1) is 0 Å². The van der Waals surface area contributed by atoms with E-state index in [9.17, 15) is 13.2 Å². The minimum absolute atomic E-state index is 0.126. The van der Waals surface area contributed by atoms with Crippen LogP contribution < -0.4 is 0 Å². The molecule has 0 bridgehead atoms. The van der Waals surface area contributed by atoms with E-state index in [1.165, 1.54) is 12.3 Å². The molecule has 0 aromatic carbocycles. The average molecular weight is 378 g/mol. The third-order valence-corrected chi connectivity index (χ3v) is 4.45. The van der Waals surface area contributed by atoms with Gasteiger partial charge in [-0.25, -0.2) is 9.97 Å². The van der Waals surface area contributed by atoms with Gasteiger partial charge in [-0.05, 0) is 26.2 Å². The molecule has 3 rings (SSSR count). The van der Waals surface area contributed by atoms with E-state index >= 15 is 0 Å². The highest BCUT2D eigenvalue weighted by molar-refractivity contribution is 6.29. The Morgan fingerprint density at radius 2 is 2.24 bits per heavy atom. The van der Waals surface area contributed by atoms with Crippen molar-refractivity contribution in [2.24, 2.45) is 0 Å². The number of imidazole rings is 1. The molecule has 0 saturated carbocycles. The van der Waals surface area contributed by atoms with Gasteiger partial charge in [-0.1, -0.05) is 11.6 Å². The van der Waals surface area contributed by atoms with Crippen LogP contribution in [-0.4, -0.2) is 40.2 Å². The Balaban J connectivity index is 1.83. The summed E-state index contributed by atoms with van der Waals surface area (Å²) >= 11 is 5.85. The van der Waals surface area contributed by atoms with Crippen LogP contribution >= 0.6 is 11.6 Å². The summed E-state index contributed by atoms with van der Waals surface area (Å²) in [5.41, 5.74) is 0.693. The van der Waals surface area contributed by atoms with Crippen LogP contribution in [-0.2, 0) is 15.9 Å². The smallest absolute Gasteiger partial charge is 0.353 e. The molecule has 1 aliphatic heterocycles. The van der Waals surface area contributed by atoms with E-state index in [0.717, 1.165) is 30.8 Å². The molecule has 25 heavy (non-hydrogen) atoms. The molecule has 0 radical (unpaired) electrons. The van der Waals surface area contributed by atoms with E-state index in [-0.39, 0.29) is 24.5 Å². The fraction of sp³-hybridized carbons (Fsp3) is 0.625. The molecule has 1 aliphatic rings. The van der Waals surface area contributed by atoms with E-state index < -0.39 is 12.2 Å². The molecule has 5 nitrogen and oxygen atoms in total. The molecule has 0 spiro atoms. The normalized spacial score (nSPS) is 20.1. The first-order chi connectivity index (χ1) is 11.9. The lowest BCUT2D eigenvalue weighted by Gasteiger charge is -2.23. The molecule has 0 N–H and O–H groups in total. The molecule has 1 fully saturated rings. The summed E-state index contributed by atoms with van der Waals surface area (Å²) < 4.78 is 52.1. The van der Waals surface area contributed by atoms with Gasteiger partial charge in [0.05, 0.1) is 18.3 Å². The van der Waals surface area contributed by atoms with Crippen molar-refractivity contribution in [1.82, 2.24) is 14.5 Å². The number of ether oxygens (including phenoxy) is 2. The monoisotopic (exact) mass is 377 g/mol. The van der Waals surface area contributed by atoms with Gasteiger partial charge in [-0.3, -0.25) is 0 Å². The van der Waals surface area contributed by atoms with Crippen molar-refractivity contribution < 1.29 is 22.6 Å². The minimum atomic E-state index is -4.40. The lowest BCUT2D eigenvalue weighted by Crippen LogP contribution is -2.26. The Morgan fingerprint density at radius 3 is 2.92 bits per heavy atom. The van der Waals surface area contributed by atoms with Crippen LogP contribution in [0.15, 0.2) is 12.3 Å². The molecular weight excluding hydrogens is 359 g/mol. The molecule has 0 unspecified atom stereocenters. The minimum Gasteiger partial charge on any atom is -0.353 e. The molecule has 2 aromatic rings. The van der Waals surface area contributed by atoms with E-state index in [1.807, 2.05) is 0 Å². The van der Waals surface area contributed by atoms with Gasteiger partial charge in [0.2, 0.25) is 0 Å². The summed E-state index contributed by atoms with van der Waals surface area (Å²) in [7, 11) is 0. The van der Waals surface area contributed by atoms with Crippen molar-refractivity contribution in [2.75, 3.05) is 13.2 Å². The maximum Gasteiger partial charge on any atom is 0.408 e. The molecule has 138 valence electrons. The topological polar surface area (TPSA) is 49.2 Å². The summed E-state index contributed by atoms with van der Waals surface area (Å²) in [6, 6.07) is -0.322. The average Bonchev–Trinajstić information content (AvgIpc) is 2.91. The lowest BCUT2D eigenvalue weighted by molar-refractivity contribution is -0.165. The van der Waals surface area contributed by atoms with Crippen molar-refractivity contribution >= 4 is 22.6 Å². The number of rotatable bonds is 5. The Labute approximate surface area is 148 Å². The standard InChI is InChI=1S/C16H19ClF3N3O2/c1-10(16(18,19)20)23-12-8-13(17)21-9-11(12)22-14(23)5-7-25-15-4-2-3-6-24-15/h8-10,15H,2-7H2,1H3/t10-,15+/m0/s1. The van der Waals surface area contributed by atoms with Gasteiger partial charge in [-0.2, -0.15) is 13.2 Å². The van der Waals surface area contributed by atoms with Gasteiger partial charge in [0.1, 0.15) is 22.5 Å². The number of hydrogen-bond donors (Lipinski definition) is 0. The van der Waals surface area contributed by atoms with Crippen LogP contribution in [0.5, 0.6) is 0 Å². The first kappa shape index (κ1) is 18.4.